The lowest BCUT2D eigenvalue weighted by Gasteiger charge is -2.38. The number of nitrogens with one attached hydrogen (secondary N) is 2. The molecule has 3 rings (SSSR count). The van der Waals surface area contributed by atoms with E-state index in [4.69, 9.17) is 0 Å². The first-order valence-electron chi connectivity index (χ1n) is 7.30. The molecule has 1 saturated heterocycles. The Hall–Kier alpha value is -1.35. The number of hydrogen-bond donors (Lipinski definition) is 2. The Morgan fingerprint density at radius 3 is 2.53 bits per heavy atom. The Kier molecular flexibility index (Phi) is 3.56. The molecule has 1 aliphatic carbocycles. The van der Waals surface area contributed by atoms with E-state index in [1.807, 2.05) is 6.92 Å². The highest BCUT2D eigenvalue weighted by Gasteiger charge is 2.34. The van der Waals surface area contributed by atoms with Crippen molar-refractivity contribution in [2.45, 2.75) is 31.7 Å². The Morgan fingerprint density at radius 2 is 1.95 bits per heavy atom. The highest BCUT2D eigenvalue weighted by Crippen LogP contribution is 2.36. The van der Waals surface area contributed by atoms with Crippen molar-refractivity contribution in [1.29, 1.82) is 0 Å². The molecule has 1 aromatic rings. The highest BCUT2D eigenvalue weighted by atomic mass is 16.1. The summed E-state index contributed by atoms with van der Waals surface area (Å²) in [5, 5.41) is 6.43. The van der Waals surface area contributed by atoms with Crippen molar-refractivity contribution < 1.29 is 4.79 Å². The molecule has 0 bridgehead atoms. The molecule has 3 nitrogen and oxygen atoms in total. The first kappa shape index (κ1) is 12.7. The maximum atomic E-state index is 12.1. The van der Waals surface area contributed by atoms with Gasteiger partial charge in [0.1, 0.15) is 0 Å². The summed E-state index contributed by atoms with van der Waals surface area (Å²) in [6.45, 7) is 4.03. The summed E-state index contributed by atoms with van der Waals surface area (Å²) in [6.07, 6.45) is 2.18. The van der Waals surface area contributed by atoms with Crippen LogP contribution in [0.2, 0.25) is 0 Å². The second-order valence-corrected chi connectivity index (χ2v) is 5.99. The summed E-state index contributed by atoms with van der Waals surface area (Å²) >= 11 is 0. The number of benzene rings is 1. The standard InChI is InChI=1S/C16H22N2O/c1-11(14-9-17-10-14)16(19)18-15-7-13(8-15)12-5-3-2-4-6-12/h2-6,11,13-15,17H,7-10H2,1H3,(H,18,19). The Balaban J connectivity index is 1.45. The van der Waals surface area contributed by atoms with Crippen LogP contribution in [-0.2, 0) is 4.79 Å². The molecule has 2 fully saturated rings. The largest absolute Gasteiger partial charge is 0.353 e. The van der Waals surface area contributed by atoms with Gasteiger partial charge in [-0.3, -0.25) is 4.79 Å². The molecule has 0 aromatic heterocycles. The highest BCUT2D eigenvalue weighted by molar-refractivity contribution is 5.79. The van der Waals surface area contributed by atoms with Gasteiger partial charge in [0.15, 0.2) is 0 Å². The average molecular weight is 258 g/mol. The first-order chi connectivity index (χ1) is 9.24. The molecule has 19 heavy (non-hydrogen) atoms. The maximum absolute atomic E-state index is 12.1. The predicted octanol–water partition coefficient (Wildman–Crippen LogP) is 1.90. The van der Waals surface area contributed by atoms with Crippen molar-refractivity contribution in [2.75, 3.05) is 13.1 Å². The number of carbonyl (C=O) groups is 1. The van der Waals surface area contributed by atoms with Gasteiger partial charge in [0.25, 0.3) is 0 Å². The lowest BCUT2D eigenvalue weighted by atomic mass is 9.75. The van der Waals surface area contributed by atoms with E-state index in [-0.39, 0.29) is 11.8 Å². The molecule has 1 saturated carbocycles. The molecule has 3 heteroatoms. The predicted molar refractivity (Wildman–Crippen MR) is 75.9 cm³/mol. The van der Waals surface area contributed by atoms with Crippen LogP contribution >= 0.6 is 0 Å². The third kappa shape index (κ3) is 2.66. The van der Waals surface area contributed by atoms with Gasteiger partial charge in [0, 0.05) is 12.0 Å². The Bertz CT molecular complexity index is 435. The molecule has 102 valence electrons. The van der Waals surface area contributed by atoms with E-state index < -0.39 is 0 Å². The van der Waals surface area contributed by atoms with Crippen molar-refractivity contribution in [1.82, 2.24) is 10.6 Å². The zero-order valence-electron chi connectivity index (χ0n) is 11.4. The van der Waals surface area contributed by atoms with Crippen molar-refractivity contribution in [3.05, 3.63) is 35.9 Å². The van der Waals surface area contributed by atoms with Gasteiger partial charge in [-0.15, -0.1) is 0 Å². The number of rotatable bonds is 4. The minimum absolute atomic E-state index is 0.150. The van der Waals surface area contributed by atoms with Gasteiger partial charge < -0.3 is 10.6 Å². The monoisotopic (exact) mass is 258 g/mol. The average Bonchev–Trinajstić information content (AvgIpc) is 2.31. The molecular weight excluding hydrogens is 236 g/mol. The smallest absolute Gasteiger partial charge is 0.223 e. The fourth-order valence-electron chi connectivity index (χ4n) is 2.94. The van der Waals surface area contributed by atoms with Gasteiger partial charge in [-0.2, -0.15) is 0 Å². The summed E-state index contributed by atoms with van der Waals surface area (Å²) in [6, 6.07) is 11.0. The van der Waals surface area contributed by atoms with E-state index in [0.717, 1.165) is 25.9 Å². The van der Waals surface area contributed by atoms with Crippen LogP contribution in [0.15, 0.2) is 30.3 Å². The van der Waals surface area contributed by atoms with Gasteiger partial charge in [0.2, 0.25) is 5.91 Å². The molecule has 1 atom stereocenters. The fourth-order valence-corrected chi connectivity index (χ4v) is 2.94. The third-order valence-electron chi connectivity index (χ3n) is 4.69. The van der Waals surface area contributed by atoms with E-state index in [2.05, 4.69) is 41.0 Å². The van der Waals surface area contributed by atoms with Gasteiger partial charge in [-0.1, -0.05) is 37.3 Å². The van der Waals surface area contributed by atoms with Crippen LogP contribution in [0.25, 0.3) is 0 Å². The SMILES string of the molecule is CC(C(=O)NC1CC(c2ccccc2)C1)C1CNC1. The molecular formula is C16H22N2O. The van der Waals surface area contributed by atoms with Crippen LogP contribution in [0.1, 0.15) is 31.2 Å². The summed E-state index contributed by atoms with van der Waals surface area (Å²) in [4.78, 5) is 12.1. The molecule has 1 unspecified atom stereocenters. The number of hydrogen-bond acceptors (Lipinski definition) is 2. The minimum atomic E-state index is 0.150. The van der Waals surface area contributed by atoms with Crippen LogP contribution in [-0.4, -0.2) is 25.0 Å². The molecule has 1 aromatic carbocycles. The zero-order chi connectivity index (χ0) is 13.2. The van der Waals surface area contributed by atoms with Crippen molar-refractivity contribution in [2.24, 2.45) is 11.8 Å². The molecule has 1 aliphatic heterocycles. The second-order valence-electron chi connectivity index (χ2n) is 5.99. The molecule has 2 aliphatic rings. The fraction of sp³-hybridized carbons (Fsp3) is 0.562. The first-order valence-corrected chi connectivity index (χ1v) is 7.30. The topological polar surface area (TPSA) is 41.1 Å². The van der Waals surface area contributed by atoms with Gasteiger partial charge in [-0.05, 0) is 43.3 Å². The van der Waals surface area contributed by atoms with Gasteiger partial charge in [-0.25, -0.2) is 0 Å². The lowest BCUT2D eigenvalue weighted by molar-refractivity contribution is -0.128. The quantitative estimate of drug-likeness (QED) is 0.866. The van der Waals surface area contributed by atoms with Crippen molar-refractivity contribution in [3.8, 4) is 0 Å². The van der Waals surface area contributed by atoms with Crippen molar-refractivity contribution in [3.63, 3.8) is 0 Å². The Labute approximate surface area is 114 Å². The van der Waals surface area contributed by atoms with E-state index >= 15 is 0 Å². The van der Waals surface area contributed by atoms with Crippen molar-refractivity contribution >= 4 is 5.91 Å². The normalized spacial score (nSPS) is 28.1. The van der Waals surface area contributed by atoms with Crippen LogP contribution in [0.4, 0.5) is 0 Å². The minimum Gasteiger partial charge on any atom is -0.353 e. The molecule has 2 N–H and O–H groups in total. The van der Waals surface area contributed by atoms with E-state index in [0.29, 0.717) is 17.9 Å². The van der Waals surface area contributed by atoms with Crippen LogP contribution < -0.4 is 10.6 Å². The van der Waals surface area contributed by atoms with Crippen LogP contribution in [0.3, 0.4) is 0 Å². The van der Waals surface area contributed by atoms with Crippen LogP contribution in [0.5, 0.6) is 0 Å². The van der Waals surface area contributed by atoms with E-state index in [9.17, 15) is 4.79 Å². The maximum Gasteiger partial charge on any atom is 0.223 e. The van der Waals surface area contributed by atoms with E-state index in [1.54, 1.807) is 0 Å². The van der Waals surface area contributed by atoms with E-state index in [1.165, 1.54) is 5.56 Å². The molecule has 1 heterocycles. The van der Waals surface area contributed by atoms with Crippen LogP contribution in [0, 0.1) is 11.8 Å². The lowest BCUT2D eigenvalue weighted by Crippen LogP contribution is -2.52. The molecule has 0 radical (unpaired) electrons. The summed E-state index contributed by atoms with van der Waals surface area (Å²) in [5.41, 5.74) is 1.41. The number of carbonyl (C=O) groups excluding carboxylic acids is 1. The van der Waals surface area contributed by atoms with Gasteiger partial charge >= 0.3 is 0 Å². The second kappa shape index (κ2) is 5.33. The molecule has 0 spiro atoms. The van der Waals surface area contributed by atoms with Gasteiger partial charge in [0.05, 0.1) is 0 Å². The zero-order valence-corrected chi connectivity index (χ0v) is 11.4. The Morgan fingerprint density at radius 1 is 1.26 bits per heavy atom. The summed E-state index contributed by atoms with van der Waals surface area (Å²) < 4.78 is 0. The summed E-state index contributed by atoms with van der Waals surface area (Å²) in [7, 11) is 0. The summed E-state index contributed by atoms with van der Waals surface area (Å²) in [5.74, 6) is 1.55. The number of amides is 1. The molecule has 1 amide bonds. The third-order valence-corrected chi connectivity index (χ3v) is 4.69.